The molecule has 0 aromatic heterocycles. The molecule has 2 rings (SSSR count). The topological polar surface area (TPSA) is 6.48 Å². The van der Waals surface area contributed by atoms with E-state index in [0.29, 0.717) is 12.4 Å². The van der Waals surface area contributed by atoms with Crippen LogP contribution in [0, 0.1) is 13.5 Å². The van der Waals surface area contributed by atoms with Gasteiger partial charge in [-0.05, 0) is 13.5 Å². The zero-order valence-corrected chi connectivity index (χ0v) is 13.3. The zero-order valence-electron chi connectivity index (χ0n) is 10.9. The Bertz CT molecular complexity index is 396. The SMILES string of the molecule is CN1CCCN(c2[c-]ccc(C(F)(F)F)c2)C1.[CH3-].[Ir]. The second kappa shape index (κ2) is 7.27. The summed E-state index contributed by atoms with van der Waals surface area (Å²) in [6.45, 7) is 2.41. The summed E-state index contributed by atoms with van der Waals surface area (Å²) in [5, 5.41) is 0. The van der Waals surface area contributed by atoms with E-state index in [1.54, 1.807) is 0 Å². The molecular formula is C13H17F3IrN2-2. The third-order valence-corrected chi connectivity index (χ3v) is 2.83. The predicted molar refractivity (Wildman–Crippen MR) is 66.2 cm³/mol. The summed E-state index contributed by atoms with van der Waals surface area (Å²) in [7, 11) is 1.96. The van der Waals surface area contributed by atoms with E-state index >= 15 is 0 Å². The quantitative estimate of drug-likeness (QED) is 0.607. The molecule has 1 saturated heterocycles. The summed E-state index contributed by atoms with van der Waals surface area (Å²) >= 11 is 0. The van der Waals surface area contributed by atoms with Crippen LogP contribution in [-0.4, -0.2) is 31.7 Å². The van der Waals surface area contributed by atoms with Gasteiger partial charge in [0.05, 0.1) is 6.67 Å². The van der Waals surface area contributed by atoms with Crippen LogP contribution in [0.1, 0.15) is 12.0 Å². The van der Waals surface area contributed by atoms with Gasteiger partial charge in [-0.1, -0.05) is 11.3 Å². The molecule has 1 aromatic carbocycles. The fraction of sp³-hybridized carbons (Fsp3) is 0.462. The minimum absolute atomic E-state index is 0. The molecular weight excluding hydrogens is 433 g/mol. The van der Waals surface area contributed by atoms with Crippen molar-refractivity contribution in [2.24, 2.45) is 0 Å². The molecule has 1 aliphatic heterocycles. The van der Waals surface area contributed by atoms with Crippen molar-refractivity contribution in [2.75, 3.05) is 31.7 Å². The molecule has 6 heteroatoms. The van der Waals surface area contributed by atoms with Crippen LogP contribution >= 0.6 is 0 Å². The van der Waals surface area contributed by atoms with E-state index in [0.717, 1.165) is 25.6 Å². The van der Waals surface area contributed by atoms with Crippen molar-refractivity contribution in [2.45, 2.75) is 12.6 Å². The molecule has 1 aromatic rings. The maximum Gasteiger partial charge on any atom is 0.394 e. The number of hydrogen-bond donors (Lipinski definition) is 0. The first-order valence-electron chi connectivity index (χ1n) is 5.49. The Morgan fingerprint density at radius 3 is 2.53 bits per heavy atom. The van der Waals surface area contributed by atoms with Gasteiger partial charge in [-0.3, -0.25) is 4.90 Å². The number of hydrogen-bond acceptors (Lipinski definition) is 2. The van der Waals surface area contributed by atoms with Crippen molar-refractivity contribution >= 4 is 5.69 Å². The largest absolute Gasteiger partial charge is 0.394 e. The van der Waals surface area contributed by atoms with E-state index < -0.39 is 11.7 Å². The van der Waals surface area contributed by atoms with Crippen molar-refractivity contribution in [3.05, 3.63) is 37.3 Å². The standard InChI is InChI=1S/C12H14F3N2.CH3.Ir/c1-16-6-3-7-17(9-16)11-5-2-4-10(8-11)12(13,14)15;;/h2,4,8H,3,6-7,9H2,1H3;1H3;/q2*-1;. The third-order valence-electron chi connectivity index (χ3n) is 2.83. The first kappa shape index (κ1) is 18.4. The monoisotopic (exact) mass is 451 g/mol. The van der Waals surface area contributed by atoms with Crippen molar-refractivity contribution in [1.29, 1.82) is 0 Å². The van der Waals surface area contributed by atoms with Gasteiger partial charge in [0.1, 0.15) is 0 Å². The number of alkyl halides is 3. The van der Waals surface area contributed by atoms with E-state index in [2.05, 4.69) is 11.0 Å². The normalized spacial score (nSPS) is 16.5. The third kappa shape index (κ3) is 4.79. The number of rotatable bonds is 1. The summed E-state index contributed by atoms with van der Waals surface area (Å²) < 4.78 is 37.7. The van der Waals surface area contributed by atoms with Crippen LogP contribution in [0.4, 0.5) is 18.9 Å². The summed E-state index contributed by atoms with van der Waals surface area (Å²) in [6, 6.07) is 6.43. The van der Waals surface area contributed by atoms with Crippen LogP contribution in [0.5, 0.6) is 0 Å². The summed E-state index contributed by atoms with van der Waals surface area (Å²) in [6.07, 6.45) is -3.33. The second-order valence-electron chi connectivity index (χ2n) is 4.30. The molecule has 19 heavy (non-hydrogen) atoms. The Balaban J connectivity index is 0.00000162. The van der Waals surface area contributed by atoms with Gasteiger partial charge in [0.25, 0.3) is 0 Å². The average molecular weight is 451 g/mol. The number of halogens is 3. The molecule has 0 atom stereocenters. The minimum atomic E-state index is -4.29. The van der Waals surface area contributed by atoms with Crippen LogP contribution in [0.25, 0.3) is 0 Å². The van der Waals surface area contributed by atoms with Crippen molar-refractivity contribution in [1.82, 2.24) is 4.90 Å². The first-order valence-corrected chi connectivity index (χ1v) is 5.49. The van der Waals surface area contributed by atoms with Crippen molar-refractivity contribution in [3.8, 4) is 0 Å². The Labute approximate surface area is 125 Å². The molecule has 0 aliphatic carbocycles. The van der Waals surface area contributed by atoms with Crippen LogP contribution < -0.4 is 4.90 Å². The fourth-order valence-electron chi connectivity index (χ4n) is 1.97. The zero-order chi connectivity index (χ0) is 12.5. The predicted octanol–water partition coefficient (Wildman–Crippen LogP) is 3.05. The smallest absolute Gasteiger partial charge is 0.381 e. The van der Waals surface area contributed by atoms with Gasteiger partial charge in [-0.15, -0.1) is 6.07 Å². The van der Waals surface area contributed by atoms with Crippen LogP contribution in [0.3, 0.4) is 0 Å². The molecule has 2 nitrogen and oxygen atoms in total. The molecule has 0 amide bonds. The molecule has 1 fully saturated rings. The summed E-state index contributed by atoms with van der Waals surface area (Å²) in [4.78, 5) is 4.00. The Hall–Kier alpha value is -0.581. The average Bonchev–Trinajstić information content (AvgIpc) is 2.28. The van der Waals surface area contributed by atoms with Gasteiger partial charge >= 0.3 is 6.18 Å². The summed E-state index contributed by atoms with van der Waals surface area (Å²) in [5.74, 6) is 0. The Morgan fingerprint density at radius 1 is 1.26 bits per heavy atom. The fourth-order valence-corrected chi connectivity index (χ4v) is 1.97. The summed E-state index contributed by atoms with van der Waals surface area (Å²) in [5.41, 5.74) is -0.0918. The maximum atomic E-state index is 12.6. The minimum Gasteiger partial charge on any atom is -0.381 e. The molecule has 0 unspecified atom stereocenters. The molecule has 0 bridgehead atoms. The van der Waals surface area contributed by atoms with E-state index in [-0.39, 0.29) is 27.5 Å². The van der Waals surface area contributed by atoms with E-state index in [4.69, 9.17) is 0 Å². The van der Waals surface area contributed by atoms with Gasteiger partial charge in [-0.2, -0.15) is 31.4 Å². The number of benzene rings is 1. The van der Waals surface area contributed by atoms with Crippen LogP contribution in [0.15, 0.2) is 18.2 Å². The number of anilines is 1. The van der Waals surface area contributed by atoms with Gasteiger partial charge in [0.15, 0.2) is 0 Å². The molecule has 1 aliphatic rings. The molecule has 1 heterocycles. The van der Waals surface area contributed by atoms with Crippen molar-refractivity contribution in [3.63, 3.8) is 0 Å². The molecule has 0 saturated carbocycles. The first-order chi connectivity index (χ1) is 7.97. The van der Waals surface area contributed by atoms with Crippen molar-refractivity contribution < 1.29 is 33.3 Å². The molecule has 0 N–H and O–H groups in total. The van der Waals surface area contributed by atoms with E-state index in [9.17, 15) is 13.2 Å². The van der Waals surface area contributed by atoms with Crippen LogP contribution in [-0.2, 0) is 26.3 Å². The van der Waals surface area contributed by atoms with Gasteiger partial charge in [0.2, 0.25) is 0 Å². The molecule has 111 valence electrons. The molecule has 0 spiro atoms. The van der Waals surface area contributed by atoms with Crippen LogP contribution in [0.2, 0.25) is 0 Å². The van der Waals surface area contributed by atoms with E-state index in [1.165, 1.54) is 12.1 Å². The Kier molecular flexibility index (Phi) is 7.05. The van der Waals surface area contributed by atoms with Gasteiger partial charge in [0, 0.05) is 33.2 Å². The number of nitrogens with zero attached hydrogens (tertiary/aromatic N) is 2. The van der Waals surface area contributed by atoms with E-state index in [1.807, 2.05) is 11.9 Å². The van der Waals surface area contributed by atoms with Gasteiger partial charge < -0.3 is 12.3 Å². The van der Waals surface area contributed by atoms with Gasteiger partial charge in [-0.25, -0.2) is 0 Å². The molecule has 1 radical (unpaired) electrons. The second-order valence-corrected chi connectivity index (χ2v) is 4.30. The Morgan fingerprint density at radius 2 is 1.95 bits per heavy atom. The maximum absolute atomic E-state index is 12.6.